The molecule has 1 saturated carbocycles. The Hall–Kier alpha value is -0.570. The summed E-state index contributed by atoms with van der Waals surface area (Å²) in [5.74, 6) is 0.970. The van der Waals surface area contributed by atoms with Gasteiger partial charge in [0.25, 0.3) is 0 Å². The van der Waals surface area contributed by atoms with Gasteiger partial charge in [0.05, 0.1) is 6.04 Å². The average Bonchev–Trinajstić information content (AvgIpc) is 2.92. The lowest BCUT2D eigenvalue weighted by molar-refractivity contribution is -0.133. The second-order valence-electron chi connectivity index (χ2n) is 7.87. The van der Waals surface area contributed by atoms with E-state index in [0.717, 1.165) is 19.6 Å². The van der Waals surface area contributed by atoms with Gasteiger partial charge in [0.2, 0.25) is 5.91 Å². The number of hydrogen-bond acceptors (Lipinski definition) is 2. The summed E-state index contributed by atoms with van der Waals surface area (Å²) in [5, 5.41) is 3.48. The lowest BCUT2D eigenvalue weighted by Gasteiger charge is -2.25. The van der Waals surface area contributed by atoms with Crippen molar-refractivity contribution in [2.45, 2.75) is 66.3 Å². The predicted molar refractivity (Wildman–Crippen MR) is 83.6 cm³/mol. The van der Waals surface area contributed by atoms with E-state index in [2.05, 4.69) is 37.9 Å². The summed E-state index contributed by atoms with van der Waals surface area (Å²) in [4.78, 5) is 14.5. The summed E-state index contributed by atoms with van der Waals surface area (Å²) >= 11 is 0. The molecule has 3 heteroatoms. The number of nitrogens with zero attached hydrogens (tertiary/aromatic N) is 1. The van der Waals surface area contributed by atoms with Crippen LogP contribution >= 0.6 is 0 Å². The molecule has 1 atom stereocenters. The lowest BCUT2D eigenvalue weighted by Crippen LogP contribution is -2.46. The quantitative estimate of drug-likeness (QED) is 0.858. The van der Waals surface area contributed by atoms with Gasteiger partial charge in [0.15, 0.2) is 0 Å². The average molecular weight is 280 g/mol. The van der Waals surface area contributed by atoms with Crippen LogP contribution in [-0.2, 0) is 4.79 Å². The molecule has 116 valence electrons. The normalized spacial score (nSPS) is 26.9. The van der Waals surface area contributed by atoms with Crippen molar-refractivity contribution in [1.82, 2.24) is 10.2 Å². The molecule has 0 spiro atoms. The van der Waals surface area contributed by atoms with E-state index in [9.17, 15) is 4.79 Å². The fraction of sp³-hybridized carbons (Fsp3) is 0.941. The van der Waals surface area contributed by atoms with Crippen LogP contribution in [0.4, 0.5) is 0 Å². The maximum atomic E-state index is 12.5. The molecule has 1 N–H and O–H groups in total. The third-order valence-electron chi connectivity index (χ3n) is 6.24. The van der Waals surface area contributed by atoms with E-state index in [1.807, 2.05) is 6.92 Å². The number of carbonyl (C=O) groups excluding carboxylic acids is 1. The number of nitrogens with one attached hydrogen (secondary N) is 1. The van der Waals surface area contributed by atoms with Crippen LogP contribution in [0.2, 0.25) is 0 Å². The van der Waals surface area contributed by atoms with Crippen molar-refractivity contribution in [3.63, 3.8) is 0 Å². The molecule has 0 aromatic heterocycles. The Morgan fingerprint density at radius 1 is 1.10 bits per heavy atom. The highest BCUT2D eigenvalue weighted by molar-refractivity contribution is 5.81. The number of amides is 1. The van der Waals surface area contributed by atoms with E-state index in [1.165, 1.54) is 25.7 Å². The van der Waals surface area contributed by atoms with Crippen LogP contribution in [0.5, 0.6) is 0 Å². The first-order valence-electron chi connectivity index (χ1n) is 8.30. The Balaban J connectivity index is 1.80. The van der Waals surface area contributed by atoms with E-state index in [-0.39, 0.29) is 6.04 Å². The van der Waals surface area contributed by atoms with Gasteiger partial charge in [-0.15, -0.1) is 0 Å². The van der Waals surface area contributed by atoms with Gasteiger partial charge >= 0.3 is 0 Å². The molecular weight excluding hydrogens is 248 g/mol. The molecule has 2 rings (SSSR count). The molecule has 1 heterocycles. The third-order valence-corrected chi connectivity index (χ3v) is 6.24. The van der Waals surface area contributed by atoms with Crippen molar-refractivity contribution in [1.29, 1.82) is 0 Å². The SMILES string of the molecule is CC(NCC1C(C)(C)C1(C)C)C(=O)N1CCCCCC1. The Morgan fingerprint density at radius 3 is 2.05 bits per heavy atom. The molecule has 1 saturated heterocycles. The van der Waals surface area contributed by atoms with Crippen LogP contribution in [-0.4, -0.2) is 36.5 Å². The zero-order chi connectivity index (χ0) is 15.0. The third kappa shape index (κ3) is 2.88. The summed E-state index contributed by atoms with van der Waals surface area (Å²) in [7, 11) is 0. The number of hydrogen-bond donors (Lipinski definition) is 1. The molecule has 1 aliphatic heterocycles. The smallest absolute Gasteiger partial charge is 0.239 e. The second kappa shape index (κ2) is 5.67. The van der Waals surface area contributed by atoms with Gasteiger partial charge in [-0.25, -0.2) is 0 Å². The molecule has 0 radical (unpaired) electrons. The van der Waals surface area contributed by atoms with Crippen LogP contribution in [0.15, 0.2) is 0 Å². The van der Waals surface area contributed by atoms with E-state index in [4.69, 9.17) is 0 Å². The van der Waals surface area contributed by atoms with Crippen LogP contribution in [0.1, 0.15) is 60.3 Å². The van der Waals surface area contributed by atoms with Gasteiger partial charge in [-0.2, -0.15) is 0 Å². The van der Waals surface area contributed by atoms with Gasteiger partial charge in [-0.05, 0) is 43.1 Å². The summed E-state index contributed by atoms with van der Waals surface area (Å²) in [6.45, 7) is 14.2. The number of carbonyl (C=O) groups is 1. The van der Waals surface area contributed by atoms with E-state index in [1.54, 1.807) is 0 Å². The van der Waals surface area contributed by atoms with Crippen LogP contribution in [0.25, 0.3) is 0 Å². The Labute approximate surface area is 124 Å². The largest absolute Gasteiger partial charge is 0.341 e. The van der Waals surface area contributed by atoms with Crippen molar-refractivity contribution in [3.8, 4) is 0 Å². The first-order valence-corrected chi connectivity index (χ1v) is 8.30. The Bertz CT molecular complexity index is 340. The highest BCUT2D eigenvalue weighted by atomic mass is 16.2. The highest BCUT2D eigenvalue weighted by Crippen LogP contribution is 2.67. The van der Waals surface area contributed by atoms with E-state index < -0.39 is 0 Å². The molecular formula is C17H32N2O. The summed E-state index contributed by atoms with van der Waals surface area (Å²) in [5.41, 5.74) is 0.788. The van der Waals surface area contributed by atoms with Gasteiger partial charge in [0.1, 0.15) is 0 Å². The number of likely N-dealkylation sites (tertiary alicyclic amines) is 1. The topological polar surface area (TPSA) is 32.3 Å². The first kappa shape index (κ1) is 15.8. The Morgan fingerprint density at radius 2 is 1.60 bits per heavy atom. The molecule has 3 nitrogen and oxygen atoms in total. The monoisotopic (exact) mass is 280 g/mol. The minimum atomic E-state index is -0.0414. The summed E-state index contributed by atoms with van der Waals surface area (Å²) < 4.78 is 0. The molecule has 1 aliphatic carbocycles. The van der Waals surface area contributed by atoms with Crippen molar-refractivity contribution < 1.29 is 4.79 Å². The molecule has 1 amide bonds. The molecule has 0 aromatic carbocycles. The highest BCUT2D eigenvalue weighted by Gasteiger charge is 2.63. The molecule has 20 heavy (non-hydrogen) atoms. The standard InChI is InChI=1S/C17H32N2O/c1-13(15(20)19-10-8-6-7-9-11-19)18-12-14-16(2,3)17(14,4)5/h13-14,18H,6-12H2,1-5H3. The molecule has 0 aromatic rings. The molecule has 1 unspecified atom stereocenters. The zero-order valence-corrected chi connectivity index (χ0v) is 14.0. The van der Waals surface area contributed by atoms with Crippen molar-refractivity contribution >= 4 is 5.91 Å². The van der Waals surface area contributed by atoms with Crippen LogP contribution < -0.4 is 5.32 Å². The van der Waals surface area contributed by atoms with Crippen molar-refractivity contribution in [2.75, 3.05) is 19.6 Å². The van der Waals surface area contributed by atoms with Gasteiger partial charge in [-0.1, -0.05) is 40.5 Å². The van der Waals surface area contributed by atoms with Gasteiger partial charge < -0.3 is 10.2 Å². The van der Waals surface area contributed by atoms with Crippen LogP contribution in [0.3, 0.4) is 0 Å². The maximum absolute atomic E-state index is 12.5. The molecule has 2 aliphatic rings. The Kier molecular flexibility index (Phi) is 4.48. The first-order chi connectivity index (χ1) is 9.28. The van der Waals surface area contributed by atoms with Gasteiger partial charge in [0, 0.05) is 13.1 Å². The fourth-order valence-corrected chi connectivity index (χ4v) is 3.79. The van der Waals surface area contributed by atoms with Gasteiger partial charge in [-0.3, -0.25) is 4.79 Å². The predicted octanol–water partition coefficient (Wildman–Crippen LogP) is 3.05. The lowest BCUT2D eigenvalue weighted by atomic mass is 10.0. The summed E-state index contributed by atoms with van der Waals surface area (Å²) in [6, 6.07) is -0.0414. The fourth-order valence-electron chi connectivity index (χ4n) is 3.79. The van der Waals surface area contributed by atoms with E-state index >= 15 is 0 Å². The second-order valence-corrected chi connectivity index (χ2v) is 7.87. The van der Waals surface area contributed by atoms with Crippen molar-refractivity contribution in [2.24, 2.45) is 16.7 Å². The van der Waals surface area contributed by atoms with E-state index in [0.29, 0.717) is 22.7 Å². The van der Waals surface area contributed by atoms with Crippen LogP contribution in [0, 0.1) is 16.7 Å². The molecule has 0 bridgehead atoms. The number of rotatable bonds is 4. The minimum absolute atomic E-state index is 0.0414. The maximum Gasteiger partial charge on any atom is 0.239 e. The zero-order valence-electron chi connectivity index (χ0n) is 14.0. The minimum Gasteiger partial charge on any atom is -0.341 e. The molecule has 2 fully saturated rings. The summed E-state index contributed by atoms with van der Waals surface area (Å²) in [6.07, 6.45) is 4.88. The van der Waals surface area contributed by atoms with Crippen molar-refractivity contribution in [3.05, 3.63) is 0 Å².